The lowest BCUT2D eigenvalue weighted by Gasteiger charge is -2.08. The minimum Gasteiger partial charge on any atom is -0.321 e. The largest absolute Gasteiger partial charge is 0.321 e. The molecule has 0 saturated carbocycles. The monoisotopic (exact) mass is 405 g/mol. The minimum absolute atomic E-state index is 0.0323. The molecule has 0 fully saturated rings. The van der Waals surface area contributed by atoms with Crippen LogP contribution in [0, 0.1) is 5.82 Å². The van der Waals surface area contributed by atoms with Gasteiger partial charge in [0.2, 0.25) is 0 Å². The zero-order valence-electron chi connectivity index (χ0n) is 9.38. The summed E-state index contributed by atoms with van der Waals surface area (Å²) in [6.07, 6.45) is 0. The average Bonchev–Trinajstić information content (AvgIpc) is 2.33. The summed E-state index contributed by atoms with van der Waals surface area (Å²) in [7, 11) is 0. The maximum absolute atomic E-state index is 13.7. The molecule has 1 N–H and O–H groups in total. The Morgan fingerprint density at radius 1 is 1.16 bits per heavy atom. The summed E-state index contributed by atoms with van der Waals surface area (Å²) in [5.74, 6) is -1.13. The van der Waals surface area contributed by atoms with E-state index in [-0.39, 0.29) is 5.56 Å². The van der Waals surface area contributed by atoms with Crippen LogP contribution in [-0.4, -0.2) is 5.91 Å². The second kappa shape index (κ2) is 6.03. The van der Waals surface area contributed by atoms with Crippen molar-refractivity contribution < 1.29 is 9.18 Å². The lowest BCUT2D eigenvalue weighted by Crippen LogP contribution is -2.14. The third-order valence-corrected chi connectivity index (χ3v) is 3.77. The quantitative estimate of drug-likeness (QED) is 0.723. The van der Waals surface area contributed by atoms with Crippen molar-refractivity contribution in [3.05, 3.63) is 61.7 Å². The number of amides is 1. The summed E-state index contributed by atoms with van der Waals surface area (Å²) < 4.78 is 14.9. The number of hydrogen-bond acceptors (Lipinski definition) is 1. The van der Waals surface area contributed by atoms with Gasteiger partial charge < -0.3 is 5.32 Å². The van der Waals surface area contributed by atoms with Gasteiger partial charge in [0.25, 0.3) is 5.91 Å². The Morgan fingerprint density at radius 3 is 2.58 bits per heavy atom. The molecule has 0 bridgehead atoms. The highest BCUT2D eigenvalue weighted by Gasteiger charge is 2.13. The van der Waals surface area contributed by atoms with Gasteiger partial charge in [-0.25, -0.2) is 4.39 Å². The Balaban J connectivity index is 2.28. The van der Waals surface area contributed by atoms with E-state index in [0.717, 1.165) is 0 Å². The SMILES string of the molecule is O=C(Nc1cc(Cl)ccc1Br)c1ccc(Br)cc1F. The van der Waals surface area contributed by atoms with Crippen molar-refractivity contribution in [2.75, 3.05) is 5.32 Å². The second-order valence-corrected chi connectivity index (χ2v) is 5.91. The summed E-state index contributed by atoms with van der Waals surface area (Å²) in [5.41, 5.74) is 0.454. The van der Waals surface area contributed by atoms with Crippen LogP contribution in [0.2, 0.25) is 5.02 Å². The Hall–Kier alpha value is -0.910. The summed E-state index contributed by atoms with van der Waals surface area (Å²) >= 11 is 12.3. The molecule has 1 amide bonds. The van der Waals surface area contributed by atoms with E-state index in [1.54, 1.807) is 24.3 Å². The third-order valence-electron chi connectivity index (χ3n) is 2.35. The van der Waals surface area contributed by atoms with E-state index in [1.165, 1.54) is 12.1 Å². The molecule has 98 valence electrons. The van der Waals surface area contributed by atoms with Gasteiger partial charge in [-0.1, -0.05) is 27.5 Å². The van der Waals surface area contributed by atoms with Crippen molar-refractivity contribution in [1.29, 1.82) is 0 Å². The smallest absolute Gasteiger partial charge is 0.258 e. The zero-order valence-corrected chi connectivity index (χ0v) is 13.3. The van der Waals surface area contributed by atoms with Crippen LogP contribution in [-0.2, 0) is 0 Å². The molecular formula is C13H7Br2ClFNO. The van der Waals surface area contributed by atoms with Crippen LogP contribution in [0.15, 0.2) is 45.3 Å². The molecule has 0 aliphatic carbocycles. The van der Waals surface area contributed by atoms with E-state index >= 15 is 0 Å². The van der Waals surface area contributed by atoms with Gasteiger partial charge in [0, 0.05) is 14.0 Å². The highest BCUT2D eigenvalue weighted by Crippen LogP contribution is 2.26. The molecule has 0 aromatic heterocycles. The van der Waals surface area contributed by atoms with Crippen molar-refractivity contribution in [2.45, 2.75) is 0 Å². The van der Waals surface area contributed by atoms with E-state index < -0.39 is 11.7 Å². The van der Waals surface area contributed by atoms with Crippen molar-refractivity contribution in [3.63, 3.8) is 0 Å². The van der Waals surface area contributed by atoms with Crippen LogP contribution in [0.1, 0.15) is 10.4 Å². The first kappa shape index (κ1) is 14.5. The van der Waals surface area contributed by atoms with E-state index in [0.29, 0.717) is 19.7 Å². The maximum atomic E-state index is 13.7. The third kappa shape index (κ3) is 3.55. The number of nitrogens with one attached hydrogen (secondary N) is 1. The lowest BCUT2D eigenvalue weighted by atomic mass is 10.2. The van der Waals surface area contributed by atoms with Crippen molar-refractivity contribution in [3.8, 4) is 0 Å². The molecular weight excluding hydrogens is 400 g/mol. The van der Waals surface area contributed by atoms with Gasteiger partial charge in [-0.15, -0.1) is 0 Å². The van der Waals surface area contributed by atoms with Crippen LogP contribution in [0.4, 0.5) is 10.1 Å². The Morgan fingerprint density at radius 2 is 1.89 bits per heavy atom. The molecule has 0 atom stereocenters. The van der Waals surface area contributed by atoms with E-state index in [1.807, 2.05) is 0 Å². The number of carbonyl (C=O) groups excluding carboxylic acids is 1. The van der Waals surface area contributed by atoms with Gasteiger partial charge in [0.05, 0.1) is 11.3 Å². The van der Waals surface area contributed by atoms with Crippen LogP contribution >= 0.6 is 43.5 Å². The number of anilines is 1. The van der Waals surface area contributed by atoms with Crippen LogP contribution in [0.3, 0.4) is 0 Å². The first-order valence-electron chi connectivity index (χ1n) is 5.19. The van der Waals surface area contributed by atoms with Gasteiger partial charge in [0.1, 0.15) is 5.82 Å². The Bertz CT molecular complexity index is 649. The van der Waals surface area contributed by atoms with Crippen LogP contribution in [0.25, 0.3) is 0 Å². The Kier molecular flexibility index (Phi) is 4.60. The fourth-order valence-corrected chi connectivity index (χ4v) is 2.31. The molecule has 6 heteroatoms. The van der Waals surface area contributed by atoms with E-state index in [2.05, 4.69) is 37.2 Å². The maximum Gasteiger partial charge on any atom is 0.258 e. The molecule has 2 aromatic carbocycles. The molecule has 0 aliphatic rings. The average molecular weight is 407 g/mol. The highest BCUT2D eigenvalue weighted by molar-refractivity contribution is 9.10. The number of halogens is 4. The van der Waals surface area contributed by atoms with Crippen molar-refractivity contribution in [1.82, 2.24) is 0 Å². The van der Waals surface area contributed by atoms with Crippen molar-refractivity contribution in [2.24, 2.45) is 0 Å². The van der Waals surface area contributed by atoms with Gasteiger partial charge in [-0.2, -0.15) is 0 Å². The highest BCUT2D eigenvalue weighted by atomic mass is 79.9. The molecule has 2 rings (SSSR count). The lowest BCUT2D eigenvalue weighted by molar-refractivity contribution is 0.102. The Labute approximate surface area is 131 Å². The van der Waals surface area contributed by atoms with Gasteiger partial charge in [-0.05, 0) is 52.3 Å². The second-order valence-electron chi connectivity index (χ2n) is 3.70. The topological polar surface area (TPSA) is 29.1 Å². The predicted octanol–water partition coefficient (Wildman–Crippen LogP) is 5.26. The van der Waals surface area contributed by atoms with E-state index in [4.69, 9.17) is 11.6 Å². The fraction of sp³-hybridized carbons (Fsp3) is 0. The summed E-state index contributed by atoms with van der Waals surface area (Å²) in [4.78, 5) is 12.0. The first-order valence-corrected chi connectivity index (χ1v) is 7.15. The molecule has 0 radical (unpaired) electrons. The molecule has 0 spiro atoms. The number of benzene rings is 2. The molecule has 0 saturated heterocycles. The fourth-order valence-electron chi connectivity index (χ4n) is 1.46. The molecule has 2 aromatic rings. The van der Waals surface area contributed by atoms with Gasteiger partial charge >= 0.3 is 0 Å². The predicted molar refractivity (Wildman–Crippen MR) is 81.2 cm³/mol. The molecule has 0 heterocycles. The molecule has 2 nitrogen and oxygen atoms in total. The molecule has 19 heavy (non-hydrogen) atoms. The molecule has 0 unspecified atom stereocenters. The minimum atomic E-state index is -0.593. The molecule has 0 aliphatic heterocycles. The summed E-state index contributed by atoms with van der Waals surface area (Å²) in [6, 6.07) is 9.22. The number of rotatable bonds is 2. The number of carbonyl (C=O) groups is 1. The van der Waals surface area contributed by atoms with Crippen molar-refractivity contribution >= 4 is 55.1 Å². The van der Waals surface area contributed by atoms with Crippen LogP contribution in [0.5, 0.6) is 0 Å². The normalized spacial score (nSPS) is 10.3. The van der Waals surface area contributed by atoms with Gasteiger partial charge in [-0.3, -0.25) is 4.79 Å². The van der Waals surface area contributed by atoms with Crippen LogP contribution < -0.4 is 5.32 Å². The van der Waals surface area contributed by atoms with E-state index in [9.17, 15) is 9.18 Å². The number of hydrogen-bond donors (Lipinski definition) is 1. The summed E-state index contributed by atoms with van der Waals surface area (Å²) in [6.45, 7) is 0. The zero-order chi connectivity index (χ0) is 14.0. The standard InChI is InChI=1S/C13H7Br2ClFNO/c14-7-1-3-9(11(17)5-7)13(19)18-12-6-8(16)2-4-10(12)15/h1-6H,(H,18,19). The van der Waals surface area contributed by atoms with Gasteiger partial charge in [0.15, 0.2) is 0 Å². The summed E-state index contributed by atoms with van der Waals surface area (Å²) in [5, 5.41) is 3.08. The first-order chi connectivity index (χ1) is 8.97.